The molecule has 0 radical (unpaired) electrons. The predicted octanol–water partition coefficient (Wildman–Crippen LogP) is 2.97. The van der Waals surface area contributed by atoms with Gasteiger partial charge in [-0.1, -0.05) is 13.3 Å². The van der Waals surface area contributed by atoms with Crippen LogP contribution in [0.2, 0.25) is 0 Å². The zero-order valence-electron chi connectivity index (χ0n) is 11.4. The van der Waals surface area contributed by atoms with Crippen LogP contribution in [-0.4, -0.2) is 25.3 Å². The molecule has 3 rings (SSSR count). The molecule has 1 N–H and O–H groups in total. The lowest BCUT2D eigenvalue weighted by Gasteiger charge is -2.61. The van der Waals surface area contributed by atoms with E-state index >= 15 is 0 Å². The summed E-state index contributed by atoms with van der Waals surface area (Å²) in [6.45, 7) is 6.66. The van der Waals surface area contributed by atoms with E-state index in [-0.39, 0.29) is 0 Å². The highest BCUT2D eigenvalue weighted by atomic mass is 16.5. The highest BCUT2D eigenvalue weighted by Gasteiger charge is 2.58. The van der Waals surface area contributed by atoms with Crippen LogP contribution in [0.3, 0.4) is 0 Å². The van der Waals surface area contributed by atoms with E-state index in [2.05, 4.69) is 19.2 Å². The van der Waals surface area contributed by atoms with Crippen LogP contribution in [0.4, 0.5) is 0 Å². The summed E-state index contributed by atoms with van der Waals surface area (Å²) in [4.78, 5) is 0. The van der Waals surface area contributed by atoms with E-state index in [1.165, 1.54) is 45.1 Å². The largest absolute Gasteiger partial charge is 0.378 e. The zero-order valence-corrected chi connectivity index (χ0v) is 11.4. The minimum Gasteiger partial charge on any atom is -0.378 e. The summed E-state index contributed by atoms with van der Waals surface area (Å²) < 4.78 is 5.89. The maximum Gasteiger partial charge on any atom is 0.0661 e. The molecule has 3 aliphatic carbocycles. The highest BCUT2D eigenvalue weighted by molar-refractivity contribution is 5.12. The molecule has 0 aromatic heterocycles. The van der Waals surface area contributed by atoms with Gasteiger partial charge in [0.2, 0.25) is 0 Å². The van der Waals surface area contributed by atoms with Crippen LogP contribution in [0.5, 0.6) is 0 Å². The summed E-state index contributed by atoms with van der Waals surface area (Å²) >= 11 is 0. The molecule has 3 saturated carbocycles. The molecule has 1 spiro atoms. The van der Waals surface area contributed by atoms with Gasteiger partial charge in [0.25, 0.3) is 0 Å². The van der Waals surface area contributed by atoms with Gasteiger partial charge in [-0.15, -0.1) is 0 Å². The molecule has 3 aliphatic rings. The Hall–Kier alpha value is -0.0800. The van der Waals surface area contributed by atoms with Gasteiger partial charge in [0.05, 0.1) is 6.10 Å². The van der Waals surface area contributed by atoms with Crippen molar-refractivity contribution in [1.29, 1.82) is 0 Å². The summed E-state index contributed by atoms with van der Waals surface area (Å²) in [6, 6.07) is 0.758. The standard InChI is InChI=1S/C15H27NO/c1-3-17-14-9-13(15(14)7-4-8-15)16-10-11(2)12-5-6-12/h11-14,16H,3-10H2,1-2H3. The quantitative estimate of drug-likeness (QED) is 0.767. The van der Waals surface area contributed by atoms with Crippen molar-refractivity contribution in [2.45, 2.75) is 64.5 Å². The zero-order chi connectivity index (χ0) is 11.9. The summed E-state index contributed by atoms with van der Waals surface area (Å²) in [7, 11) is 0. The molecule has 0 aliphatic heterocycles. The van der Waals surface area contributed by atoms with E-state index in [1.807, 2.05) is 0 Å². The second-order valence-corrected chi connectivity index (χ2v) is 6.54. The Balaban J connectivity index is 1.47. The maximum atomic E-state index is 5.89. The number of hydrogen-bond acceptors (Lipinski definition) is 2. The third kappa shape index (κ3) is 2.04. The van der Waals surface area contributed by atoms with Gasteiger partial charge in [-0.2, -0.15) is 0 Å². The number of rotatable bonds is 6. The van der Waals surface area contributed by atoms with Crippen LogP contribution in [0.25, 0.3) is 0 Å². The number of hydrogen-bond donors (Lipinski definition) is 1. The van der Waals surface area contributed by atoms with Gasteiger partial charge in [0.15, 0.2) is 0 Å². The molecule has 0 aromatic carbocycles. The molecule has 0 amide bonds. The van der Waals surface area contributed by atoms with Crippen molar-refractivity contribution in [2.75, 3.05) is 13.2 Å². The van der Waals surface area contributed by atoms with Crippen LogP contribution < -0.4 is 5.32 Å². The molecule has 3 atom stereocenters. The van der Waals surface area contributed by atoms with Crippen LogP contribution >= 0.6 is 0 Å². The van der Waals surface area contributed by atoms with E-state index in [1.54, 1.807) is 0 Å². The normalized spacial score (nSPS) is 36.4. The lowest BCUT2D eigenvalue weighted by atomic mass is 9.51. The van der Waals surface area contributed by atoms with Gasteiger partial charge in [-0.3, -0.25) is 0 Å². The average Bonchev–Trinajstić information content (AvgIpc) is 3.02. The molecule has 98 valence electrons. The molecular formula is C15H27NO. The summed E-state index contributed by atoms with van der Waals surface area (Å²) in [6.07, 6.45) is 8.97. The monoisotopic (exact) mass is 237 g/mol. The third-order valence-corrected chi connectivity index (χ3v) is 5.55. The van der Waals surface area contributed by atoms with Gasteiger partial charge >= 0.3 is 0 Å². The molecule has 17 heavy (non-hydrogen) atoms. The summed E-state index contributed by atoms with van der Waals surface area (Å²) in [5.41, 5.74) is 0.541. The fourth-order valence-corrected chi connectivity index (χ4v) is 3.88. The third-order valence-electron chi connectivity index (χ3n) is 5.55. The van der Waals surface area contributed by atoms with Crippen LogP contribution in [0, 0.1) is 17.3 Å². The van der Waals surface area contributed by atoms with Crippen LogP contribution in [0.15, 0.2) is 0 Å². The molecule has 0 bridgehead atoms. The first-order chi connectivity index (χ1) is 8.26. The lowest BCUT2D eigenvalue weighted by Crippen LogP contribution is -2.67. The van der Waals surface area contributed by atoms with Crippen molar-refractivity contribution in [3.05, 3.63) is 0 Å². The molecule has 3 fully saturated rings. The van der Waals surface area contributed by atoms with Gasteiger partial charge in [0.1, 0.15) is 0 Å². The van der Waals surface area contributed by atoms with Gasteiger partial charge in [0, 0.05) is 18.1 Å². The molecule has 2 heteroatoms. The van der Waals surface area contributed by atoms with E-state index in [0.717, 1.165) is 24.5 Å². The topological polar surface area (TPSA) is 21.3 Å². The Morgan fingerprint density at radius 2 is 2.12 bits per heavy atom. The highest BCUT2D eigenvalue weighted by Crippen LogP contribution is 2.57. The fourth-order valence-electron chi connectivity index (χ4n) is 3.88. The van der Waals surface area contributed by atoms with Crippen molar-refractivity contribution < 1.29 is 4.74 Å². The number of ether oxygens (including phenoxy) is 1. The molecular weight excluding hydrogens is 210 g/mol. The van der Waals surface area contributed by atoms with Crippen LogP contribution in [0.1, 0.15) is 52.4 Å². The number of nitrogens with one attached hydrogen (secondary N) is 1. The first-order valence-electron chi connectivity index (χ1n) is 7.61. The average molecular weight is 237 g/mol. The summed E-state index contributed by atoms with van der Waals surface area (Å²) in [5, 5.41) is 3.84. The van der Waals surface area contributed by atoms with Crippen molar-refractivity contribution in [3.8, 4) is 0 Å². The molecule has 0 heterocycles. The Morgan fingerprint density at radius 1 is 1.35 bits per heavy atom. The van der Waals surface area contributed by atoms with Crippen molar-refractivity contribution in [2.24, 2.45) is 17.3 Å². The van der Waals surface area contributed by atoms with Gasteiger partial charge in [-0.25, -0.2) is 0 Å². The Labute approximate surface area is 105 Å². The van der Waals surface area contributed by atoms with E-state index < -0.39 is 0 Å². The predicted molar refractivity (Wildman–Crippen MR) is 70.0 cm³/mol. The summed E-state index contributed by atoms with van der Waals surface area (Å²) in [5.74, 6) is 1.92. The Morgan fingerprint density at radius 3 is 2.65 bits per heavy atom. The minimum atomic E-state index is 0.541. The maximum absolute atomic E-state index is 5.89. The van der Waals surface area contributed by atoms with Crippen molar-refractivity contribution in [1.82, 2.24) is 5.32 Å². The van der Waals surface area contributed by atoms with Crippen LogP contribution in [-0.2, 0) is 4.74 Å². The van der Waals surface area contributed by atoms with Gasteiger partial charge < -0.3 is 10.1 Å². The Kier molecular flexibility index (Phi) is 3.20. The first-order valence-corrected chi connectivity index (χ1v) is 7.61. The fraction of sp³-hybridized carbons (Fsp3) is 1.00. The molecule has 0 saturated heterocycles. The SMILES string of the molecule is CCOC1CC(NCC(C)C2CC2)C12CCC2. The minimum absolute atomic E-state index is 0.541. The van der Waals surface area contributed by atoms with E-state index in [0.29, 0.717) is 11.5 Å². The lowest BCUT2D eigenvalue weighted by molar-refractivity contribution is -0.173. The van der Waals surface area contributed by atoms with Crippen molar-refractivity contribution in [3.63, 3.8) is 0 Å². The first kappa shape index (κ1) is 12.0. The smallest absolute Gasteiger partial charge is 0.0661 e. The Bertz CT molecular complexity index is 270. The molecule has 2 nitrogen and oxygen atoms in total. The molecule has 3 unspecified atom stereocenters. The molecule has 0 aromatic rings. The van der Waals surface area contributed by atoms with E-state index in [9.17, 15) is 0 Å². The second-order valence-electron chi connectivity index (χ2n) is 6.54. The second kappa shape index (κ2) is 4.55. The van der Waals surface area contributed by atoms with E-state index in [4.69, 9.17) is 4.74 Å². The van der Waals surface area contributed by atoms with Crippen molar-refractivity contribution >= 4 is 0 Å². The van der Waals surface area contributed by atoms with Gasteiger partial charge in [-0.05, 0) is 57.4 Å².